The number of fused-ring (bicyclic) bond motifs is 2. The molecule has 2 heterocycles. The lowest BCUT2D eigenvalue weighted by Gasteiger charge is -2.35. The molecule has 0 bridgehead atoms. The van der Waals surface area contributed by atoms with E-state index in [1.807, 2.05) is 42.3 Å². The van der Waals surface area contributed by atoms with Crippen LogP contribution >= 0.6 is 0 Å². The number of carbonyl (C=O) groups is 1. The number of anilines is 1. The predicted molar refractivity (Wildman–Crippen MR) is 124 cm³/mol. The number of halogens is 1. The van der Waals surface area contributed by atoms with Gasteiger partial charge in [0, 0.05) is 41.2 Å². The molecular weight excluding hydrogens is 423 g/mol. The monoisotopic (exact) mass is 446 g/mol. The number of likely N-dealkylation sites (N-methyl/N-ethyl adjacent to an activating group) is 1. The third kappa shape index (κ3) is 3.70. The molecule has 168 valence electrons. The molecule has 0 saturated carbocycles. The highest BCUT2D eigenvalue weighted by Crippen LogP contribution is 2.42. The van der Waals surface area contributed by atoms with Crippen LogP contribution in [0.2, 0.25) is 0 Å². The van der Waals surface area contributed by atoms with Crippen LogP contribution in [0.4, 0.5) is 10.1 Å². The first-order chi connectivity index (χ1) is 16.0. The van der Waals surface area contributed by atoms with E-state index in [1.54, 1.807) is 30.5 Å². The Kier molecular flexibility index (Phi) is 5.26. The zero-order chi connectivity index (χ0) is 23.1. The summed E-state index contributed by atoms with van der Waals surface area (Å²) in [6, 6.07) is 16.4. The second-order valence-corrected chi connectivity index (χ2v) is 8.21. The van der Waals surface area contributed by atoms with E-state index in [4.69, 9.17) is 14.9 Å². The fourth-order valence-corrected chi connectivity index (χ4v) is 4.45. The molecule has 7 heteroatoms. The summed E-state index contributed by atoms with van der Waals surface area (Å²) in [7, 11) is 1.95. The molecule has 6 nitrogen and oxygen atoms in total. The third-order valence-corrected chi connectivity index (χ3v) is 6.06. The van der Waals surface area contributed by atoms with Crippen LogP contribution in [0.15, 0.2) is 65.3 Å². The Hall–Kier alpha value is -3.84. The van der Waals surface area contributed by atoms with Crippen LogP contribution in [0.3, 0.4) is 0 Å². The van der Waals surface area contributed by atoms with Crippen LogP contribution < -0.4 is 15.4 Å². The van der Waals surface area contributed by atoms with Crippen molar-refractivity contribution in [3.8, 4) is 16.9 Å². The number of ether oxygens (including phenoxy) is 1. The number of aliphatic carboxylic acids is 1. The summed E-state index contributed by atoms with van der Waals surface area (Å²) in [5.41, 5.74) is 10.1. The quantitative estimate of drug-likeness (QED) is 0.454. The van der Waals surface area contributed by atoms with Gasteiger partial charge in [-0.1, -0.05) is 30.3 Å². The van der Waals surface area contributed by atoms with Gasteiger partial charge in [0.15, 0.2) is 0 Å². The molecule has 0 radical (unpaired) electrons. The van der Waals surface area contributed by atoms with Crippen LogP contribution in [0.25, 0.3) is 22.1 Å². The molecule has 0 amide bonds. The van der Waals surface area contributed by atoms with Gasteiger partial charge >= 0.3 is 5.97 Å². The highest BCUT2D eigenvalue weighted by molar-refractivity contribution is 5.93. The molecule has 1 atom stereocenters. The standard InChI is InChI=1S/C26H23FN2O4/c1-29-14-22(33-26-15(12-23(30)31)4-3-7-21(26)29)18-10-16-8-9-32-25(16)20(11-18)19-6-2-5-17(13-28)24(19)27/h2-11,22H,12-14,28H2,1H3,(H,30,31). The van der Waals surface area contributed by atoms with Crippen molar-refractivity contribution in [1.29, 1.82) is 0 Å². The molecule has 1 aliphatic rings. The molecule has 0 saturated heterocycles. The van der Waals surface area contributed by atoms with Gasteiger partial charge in [0.1, 0.15) is 23.3 Å². The highest BCUT2D eigenvalue weighted by atomic mass is 19.1. The summed E-state index contributed by atoms with van der Waals surface area (Å²) in [6.45, 7) is 0.651. The van der Waals surface area contributed by atoms with Gasteiger partial charge in [-0.05, 0) is 29.8 Å². The number of benzene rings is 3. The maximum Gasteiger partial charge on any atom is 0.307 e. The zero-order valence-corrected chi connectivity index (χ0v) is 18.0. The maximum atomic E-state index is 15.2. The van der Waals surface area contributed by atoms with Gasteiger partial charge in [0.25, 0.3) is 0 Å². The fourth-order valence-electron chi connectivity index (χ4n) is 4.45. The molecule has 33 heavy (non-hydrogen) atoms. The van der Waals surface area contributed by atoms with Crippen molar-refractivity contribution in [3.05, 3.63) is 83.4 Å². The number of nitrogens with zero attached hydrogens (tertiary/aromatic N) is 1. The molecule has 1 aliphatic heterocycles. The van der Waals surface area contributed by atoms with Gasteiger partial charge in [-0.2, -0.15) is 0 Å². The summed E-state index contributed by atoms with van der Waals surface area (Å²) in [5, 5.41) is 10.1. The lowest BCUT2D eigenvalue weighted by Crippen LogP contribution is -2.32. The van der Waals surface area contributed by atoms with Crippen molar-refractivity contribution in [3.63, 3.8) is 0 Å². The van der Waals surface area contributed by atoms with Gasteiger partial charge in [0.2, 0.25) is 0 Å². The molecule has 1 unspecified atom stereocenters. The molecule has 3 aromatic carbocycles. The largest absolute Gasteiger partial charge is 0.481 e. The maximum absolute atomic E-state index is 15.2. The number of nitrogens with two attached hydrogens (primary N) is 1. The Morgan fingerprint density at radius 3 is 2.73 bits per heavy atom. The van der Waals surface area contributed by atoms with E-state index in [-0.39, 0.29) is 24.9 Å². The molecule has 3 N–H and O–H groups in total. The molecule has 5 rings (SSSR count). The molecule has 0 fully saturated rings. The number of carboxylic acid groups (broad SMARTS) is 1. The minimum absolute atomic E-state index is 0.0976. The van der Waals surface area contributed by atoms with E-state index < -0.39 is 5.97 Å². The van der Waals surface area contributed by atoms with Gasteiger partial charge in [-0.15, -0.1) is 0 Å². The van der Waals surface area contributed by atoms with Gasteiger partial charge in [-0.3, -0.25) is 4.79 Å². The molecule has 1 aromatic heterocycles. The molecule has 0 spiro atoms. The van der Waals surface area contributed by atoms with Gasteiger partial charge in [0.05, 0.1) is 24.9 Å². The van der Waals surface area contributed by atoms with E-state index in [9.17, 15) is 9.90 Å². The van der Waals surface area contributed by atoms with E-state index >= 15 is 4.39 Å². The van der Waals surface area contributed by atoms with Crippen molar-refractivity contribution < 1.29 is 23.4 Å². The normalized spacial score (nSPS) is 15.4. The summed E-state index contributed by atoms with van der Waals surface area (Å²) in [4.78, 5) is 13.4. The average molecular weight is 446 g/mol. The first kappa shape index (κ1) is 21.0. The minimum Gasteiger partial charge on any atom is -0.481 e. The Balaban J connectivity index is 1.62. The van der Waals surface area contributed by atoms with Crippen molar-refractivity contribution in [2.75, 3.05) is 18.5 Å². The SMILES string of the molecule is CN1CC(c2cc(-c3cccc(CN)c3F)c3occc3c2)Oc2c(CC(=O)O)cccc21. The summed E-state index contributed by atoms with van der Waals surface area (Å²) < 4.78 is 27.2. The Labute approximate surface area is 190 Å². The summed E-state index contributed by atoms with van der Waals surface area (Å²) in [5.74, 6) is -0.733. The lowest BCUT2D eigenvalue weighted by atomic mass is 9.95. The Bertz CT molecular complexity index is 1360. The number of rotatable bonds is 5. The van der Waals surface area contributed by atoms with E-state index in [1.165, 1.54) is 0 Å². The second kappa shape index (κ2) is 8.26. The fraction of sp³-hybridized carbons (Fsp3) is 0.192. The van der Waals surface area contributed by atoms with Crippen molar-refractivity contribution in [2.45, 2.75) is 19.1 Å². The predicted octanol–water partition coefficient (Wildman–Crippen LogP) is 4.89. The van der Waals surface area contributed by atoms with E-state index in [0.29, 0.717) is 40.1 Å². The Morgan fingerprint density at radius 2 is 1.94 bits per heavy atom. The molecule has 4 aromatic rings. The number of para-hydroxylation sites is 1. The number of furan rings is 1. The second-order valence-electron chi connectivity index (χ2n) is 8.21. The number of hydrogen-bond acceptors (Lipinski definition) is 5. The van der Waals surface area contributed by atoms with Crippen molar-refractivity contribution in [2.24, 2.45) is 5.73 Å². The van der Waals surface area contributed by atoms with Crippen LogP contribution in [0, 0.1) is 5.82 Å². The Morgan fingerprint density at radius 1 is 1.15 bits per heavy atom. The number of hydrogen-bond donors (Lipinski definition) is 2. The third-order valence-electron chi connectivity index (χ3n) is 6.06. The van der Waals surface area contributed by atoms with Crippen LogP contribution in [-0.2, 0) is 17.8 Å². The van der Waals surface area contributed by atoms with Gasteiger partial charge in [-0.25, -0.2) is 4.39 Å². The summed E-state index contributed by atoms with van der Waals surface area (Å²) in [6.07, 6.45) is 1.07. The van der Waals surface area contributed by atoms with Crippen LogP contribution in [0.1, 0.15) is 22.8 Å². The average Bonchev–Trinajstić information content (AvgIpc) is 3.28. The highest BCUT2D eigenvalue weighted by Gasteiger charge is 2.28. The summed E-state index contributed by atoms with van der Waals surface area (Å²) >= 11 is 0. The first-order valence-corrected chi connectivity index (χ1v) is 10.7. The number of carboxylic acids is 1. The molecule has 0 aliphatic carbocycles. The van der Waals surface area contributed by atoms with Crippen LogP contribution in [0.5, 0.6) is 5.75 Å². The van der Waals surface area contributed by atoms with E-state index in [2.05, 4.69) is 0 Å². The lowest BCUT2D eigenvalue weighted by molar-refractivity contribution is -0.136. The van der Waals surface area contributed by atoms with Crippen molar-refractivity contribution in [1.82, 2.24) is 0 Å². The van der Waals surface area contributed by atoms with Crippen LogP contribution in [-0.4, -0.2) is 24.7 Å². The zero-order valence-electron chi connectivity index (χ0n) is 18.0. The first-order valence-electron chi connectivity index (χ1n) is 10.7. The smallest absolute Gasteiger partial charge is 0.307 e. The van der Waals surface area contributed by atoms with Gasteiger partial charge < -0.3 is 24.9 Å². The minimum atomic E-state index is -0.922. The molecular formula is C26H23FN2O4. The van der Waals surface area contributed by atoms with E-state index in [0.717, 1.165) is 16.6 Å². The van der Waals surface area contributed by atoms with Crippen molar-refractivity contribution >= 4 is 22.6 Å². The topological polar surface area (TPSA) is 88.9 Å².